The smallest absolute Gasteiger partial charge is 0.261 e. The highest BCUT2D eigenvalue weighted by molar-refractivity contribution is 5.33. The van der Waals surface area contributed by atoms with Crippen LogP contribution in [0.25, 0.3) is 0 Å². The van der Waals surface area contributed by atoms with Crippen molar-refractivity contribution in [3.63, 3.8) is 0 Å². The van der Waals surface area contributed by atoms with E-state index in [1.54, 1.807) is 6.07 Å². The molecule has 0 atom stereocenters. The molecule has 1 N–H and O–H groups in total. The molecule has 0 unspecified atom stereocenters. The topological polar surface area (TPSA) is 54.3 Å². The summed E-state index contributed by atoms with van der Waals surface area (Å²) in [6, 6.07) is 9.24. The molecule has 0 saturated heterocycles. The van der Waals surface area contributed by atoms with Crippen LogP contribution in [0.2, 0.25) is 0 Å². The summed E-state index contributed by atoms with van der Waals surface area (Å²) in [5.41, 5.74) is 0.909. The number of nitriles is 1. The standard InChI is InChI=1S/C13H16F2N2O2/c14-13(15)10-18-8-6-17-9-11-3-1-2-4-12(11)19-7-5-16/h1-4,13,17H,6-10H2. The van der Waals surface area contributed by atoms with E-state index >= 15 is 0 Å². The summed E-state index contributed by atoms with van der Waals surface area (Å²) in [6.45, 7) is 0.683. The summed E-state index contributed by atoms with van der Waals surface area (Å²) in [6.07, 6.45) is -2.43. The fourth-order valence-electron chi connectivity index (χ4n) is 1.44. The first-order valence-electron chi connectivity index (χ1n) is 5.88. The predicted molar refractivity (Wildman–Crippen MR) is 66.1 cm³/mol. The first-order valence-corrected chi connectivity index (χ1v) is 5.88. The predicted octanol–water partition coefficient (Wildman–Crippen LogP) is 1.96. The lowest BCUT2D eigenvalue weighted by Crippen LogP contribution is -2.21. The van der Waals surface area contributed by atoms with Crippen LogP contribution in [0.3, 0.4) is 0 Å². The van der Waals surface area contributed by atoms with Crippen LogP contribution in [0.1, 0.15) is 5.56 Å². The van der Waals surface area contributed by atoms with Gasteiger partial charge in [0.2, 0.25) is 0 Å². The lowest BCUT2D eigenvalue weighted by Gasteiger charge is -2.10. The SMILES string of the molecule is N#CCOc1ccccc1CNCCOCC(F)F. The summed E-state index contributed by atoms with van der Waals surface area (Å²) in [7, 11) is 0. The van der Waals surface area contributed by atoms with Gasteiger partial charge in [0.1, 0.15) is 18.4 Å². The fourth-order valence-corrected chi connectivity index (χ4v) is 1.44. The van der Waals surface area contributed by atoms with Gasteiger partial charge in [0.15, 0.2) is 6.61 Å². The molecule has 0 fully saturated rings. The van der Waals surface area contributed by atoms with Crippen molar-refractivity contribution in [3.05, 3.63) is 29.8 Å². The van der Waals surface area contributed by atoms with Gasteiger partial charge in [-0.3, -0.25) is 0 Å². The number of nitrogens with one attached hydrogen (secondary N) is 1. The van der Waals surface area contributed by atoms with Gasteiger partial charge in [-0.15, -0.1) is 0 Å². The number of rotatable bonds is 9. The van der Waals surface area contributed by atoms with E-state index in [2.05, 4.69) is 5.32 Å². The Hall–Kier alpha value is -1.71. The molecule has 0 bridgehead atoms. The number of benzene rings is 1. The molecule has 6 heteroatoms. The second-order valence-electron chi connectivity index (χ2n) is 3.70. The molecular weight excluding hydrogens is 254 g/mol. The lowest BCUT2D eigenvalue weighted by molar-refractivity contribution is 0.0187. The molecule has 0 radical (unpaired) electrons. The van der Waals surface area contributed by atoms with E-state index in [1.807, 2.05) is 24.3 Å². The van der Waals surface area contributed by atoms with E-state index in [4.69, 9.17) is 14.7 Å². The number of alkyl halides is 2. The Labute approximate surface area is 110 Å². The van der Waals surface area contributed by atoms with Gasteiger partial charge in [-0.05, 0) is 6.07 Å². The zero-order chi connectivity index (χ0) is 13.9. The van der Waals surface area contributed by atoms with Crippen LogP contribution in [0.4, 0.5) is 8.78 Å². The normalized spacial score (nSPS) is 10.4. The highest BCUT2D eigenvalue weighted by atomic mass is 19.3. The first-order chi connectivity index (χ1) is 9.24. The molecule has 0 heterocycles. The van der Waals surface area contributed by atoms with Crippen molar-refractivity contribution in [1.82, 2.24) is 5.32 Å². The summed E-state index contributed by atoms with van der Waals surface area (Å²) in [5, 5.41) is 11.5. The number of hydrogen-bond donors (Lipinski definition) is 1. The van der Waals surface area contributed by atoms with Gasteiger partial charge in [0, 0.05) is 18.7 Å². The van der Waals surface area contributed by atoms with E-state index < -0.39 is 13.0 Å². The average Bonchev–Trinajstić information content (AvgIpc) is 2.41. The molecule has 4 nitrogen and oxygen atoms in total. The Morgan fingerprint density at radius 1 is 1.32 bits per heavy atom. The maximum absolute atomic E-state index is 11.8. The van der Waals surface area contributed by atoms with E-state index in [0.29, 0.717) is 18.8 Å². The van der Waals surface area contributed by atoms with Crippen LogP contribution in [0, 0.1) is 11.3 Å². The summed E-state index contributed by atoms with van der Waals surface area (Å²) in [5.74, 6) is 0.644. The molecule has 0 aliphatic heterocycles. The molecule has 0 aromatic heterocycles. The number of hydrogen-bond acceptors (Lipinski definition) is 4. The van der Waals surface area contributed by atoms with Gasteiger partial charge in [0.05, 0.1) is 6.61 Å². The Balaban J connectivity index is 2.27. The summed E-state index contributed by atoms with van der Waals surface area (Å²) >= 11 is 0. The number of ether oxygens (including phenoxy) is 2. The molecule has 104 valence electrons. The molecule has 0 saturated carbocycles. The van der Waals surface area contributed by atoms with Crippen LogP contribution in [-0.4, -0.2) is 32.8 Å². The van der Waals surface area contributed by atoms with Crippen LogP contribution in [0.5, 0.6) is 5.75 Å². The minimum Gasteiger partial charge on any atom is -0.478 e. The summed E-state index contributed by atoms with van der Waals surface area (Å²) in [4.78, 5) is 0. The lowest BCUT2D eigenvalue weighted by atomic mass is 10.2. The van der Waals surface area contributed by atoms with Crippen molar-refractivity contribution in [3.8, 4) is 11.8 Å². The van der Waals surface area contributed by atoms with Gasteiger partial charge < -0.3 is 14.8 Å². The molecule has 1 aromatic rings. The van der Waals surface area contributed by atoms with Crippen LogP contribution < -0.4 is 10.1 Å². The Kier molecular flexibility index (Phi) is 7.47. The van der Waals surface area contributed by atoms with Crippen molar-refractivity contribution >= 4 is 0 Å². The average molecular weight is 270 g/mol. The molecule has 1 rings (SSSR count). The zero-order valence-electron chi connectivity index (χ0n) is 10.4. The van der Waals surface area contributed by atoms with Gasteiger partial charge in [-0.25, -0.2) is 8.78 Å². The molecular formula is C13H16F2N2O2. The second-order valence-corrected chi connectivity index (χ2v) is 3.70. The van der Waals surface area contributed by atoms with E-state index in [-0.39, 0.29) is 13.2 Å². The molecule has 0 aliphatic carbocycles. The third kappa shape index (κ3) is 6.70. The van der Waals surface area contributed by atoms with Gasteiger partial charge in [0.25, 0.3) is 6.43 Å². The fraction of sp³-hybridized carbons (Fsp3) is 0.462. The highest BCUT2D eigenvalue weighted by Gasteiger charge is 2.03. The number of halogens is 2. The van der Waals surface area contributed by atoms with Crippen LogP contribution in [-0.2, 0) is 11.3 Å². The maximum atomic E-state index is 11.8. The van der Waals surface area contributed by atoms with Crippen molar-refractivity contribution < 1.29 is 18.3 Å². The Morgan fingerprint density at radius 3 is 2.84 bits per heavy atom. The highest BCUT2D eigenvalue weighted by Crippen LogP contribution is 2.17. The third-order valence-electron chi connectivity index (χ3n) is 2.25. The first kappa shape index (κ1) is 15.3. The monoisotopic (exact) mass is 270 g/mol. The number of para-hydroxylation sites is 1. The van der Waals surface area contributed by atoms with E-state index in [0.717, 1.165) is 5.56 Å². The summed E-state index contributed by atoms with van der Waals surface area (Å²) < 4.78 is 33.6. The van der Waals surface area contributed by atoms with Crippen LogP contribution >= 0.6 is 0 Å². The van der Waals surface area contributed by atoms with Gasteiger partial charge in [-0.1, -0.05) is 18.2 Å². The molecule has 0 spiro atoms. The molecule has 19 heavy (non-hydrogen) atoms. The molecule has 0 amide bonds. The van der Waals surface area contributed by atoms with Crippen molar-refractivity contribution in [2.24, 2.45) is 0 Å². The van der Waals surface area contributed by atoms with Crippen molar-refractivity contribution in [1.29, 1.82) is 5.26 Å². The second kappa shape index (κ2) is 9.25. The zero-order valence-corrected chi connectivity index (χ0v) is 10.4. The molecule has 1 aromatic carbocycles. The Morgan fingerprint density at radius 2 is 2.11 bits per heavy atom. The minimum absolute atomic E-state index is 0.00544. The van der Waals surface area contributed by atoms with Gasteiger partial charge >= 0.3 is 0 Å². The quantitative estimate of drug-likeness (QED) is 0.697. The Bertz CT molecular complexity index is 408. The van der Waals surface area contributed by atoms with E-state index in [1.165, 1.54) is 0 Å². The number of nitrogens with zero attached hydrogens (tertiary/aromatic N) is 1. The van der Waals surface area contributed by atoms with Crippen LogP contribution in [0.15, 0.2) is 24.3 Å². The largest absolute Gasteiger partial charge is 0.478 e. The maximum Gasteiger partial charge on any atom is 0.261 e. The molecule has 0 aliphatic rings. The minimum atomic E-state index is -2.43. The van der Waals surface area contributed by atoms with E-state index in [9.17, 15) is 8.78 Å². The van der Waals surface area contributed by atoms with Gasteiger partial charge in [-0.2, -0.15) is 5.26 Å². The third-order valence-corrected chi connectivity index (χ3v) is 2.25. The van der Waals surface area contributed by atoms with Crippen molar-refractivity contribution in [2.75, 3.05) is 26.4 Å². The van der Waals surface area contributed by atoms with Crippen molar-refractivity contribution in [2.45, 2.75) is 13.0 Å².